The van der Waals surface area contributed by atoms with Crippen LogP contribution in [0, 0.1) is 11.8 Å². The molecule has 94 valence electrons. The highest BCUT2D eigenvalue weighted by Crippen LogP contribution is 2.38. The molecule has 2 fully saturated rings. The van der Waals surface area contributed by atoms with Crippen LogP contribution < -0.4 is 10.2 Å². The van der Waals surface area contributed by atoms with Crippen LogP contribution in [0.15, 0.2) is 5.38 Å². The second-order valence-electron chi connectivity index (χ2n) is 5.19. The molecule has 0 saturated carbocycles. The number of aryl methyl sites for hydroxylation is 1. The SMILES string of the molecule is CCc1csc(N2CC3CNCC3C2CC)n1. The standard InChI is InChI=1S/C13H21N3S/c1-3-10-8-17-13(15-10)16-7-9-5-14-6-11(9)12(16)4-2/h8-9,11-12,14H,3-7H2,1-2H3. The molecule has 0 aliphatic carbocycles. The summed E-state index contributed by atoms with van der Waals surface area (Å²) in [6.07, 6.45) is 2.29. The van der Waals surface area contributed by atoms with Crippen molar-refractivity contribution in [2.24, 2.45) is 11.8 Å². The lowest BCUT2D eigenvalue weighted by molar-refractivity contribution is 0.442. The van der Waals surface area contributed by atoms with Crippen molar-refractivity contribution in [2.45, 2.75) is 32.7 Å². The largest absolute Gasteiger partial charge is 0.344 e. The number of rotatable bonds is 3. The fourth-order valence-electron chi connectivity index (χ4n) is 3.36. The highest BCUT2D eigenvalue weighted by Gasteiger charge is 2.43. The van der Waals surface area contributed by atoms with Gasteiger partial charge in [0.05, 0.1) is 5.69 Å². The van der Waals surface area contributed by atoms with Gasteiger partial charge in [0, 0.05) is 31.1 Å². The first-order valence-corrected chi connectivity index (χ1v) is 7.63. The van der Waals surface area contributed by atoms with Crippen molar-refractivity contribution in [3.8, 4) is 0 Å². The number of thiazole rings is 1. The number of fused-ring (bicyclic) bond motifs is 1. The van der Waals surface area contributed by atoms with Crippen LogP contribution in [-0.4, -0.2) is 30.7 Å². The summed E-state index contributed by atoms with van der Waals surface area (Å²) in [7, 11) is 0. The van der Waals surface area contributed by atoms with Gasteiger partial charge >= 0.3 is 0 Å². The maximum Gasteiger partial charge on any atom is 0.185 e. The Labute approximate surface area is 107 Å². The van der Waals surface area contributed by atoms with Crippen molar-refractivity contribution in [3.05, 3.63) is 11.1 Å². The lowest BCUT2D eigenvalue weighted by atomic mass is 9.93. The second-order valence-corrected chi connectivity index (χ2v) is 6.02. The quantitative estimate of drug-likeness (QED) is 0.892. The molecule has 2 saturated heterocycles. The lowest BCUT2D eigenvalue weighted by Crippen LogP contribution is -2.35. The van der Waals surface area contributed by atoms with Gasteiger partial charge in [-0.05, 0) is 24.7 Å². The van der Waals surface area contributed by atoms with E-state index in [4.69, 9.17) is 4.98 Å². The molecule has 0 amide bonds. The van der Waals surface area contributed by atoms with Crippen LogP contribution in [0.5, 0.6) is 0 Å². The molecule has 0 spiro atoms. The van der Waals surface area contributed by atoms with E-state index < -0.39 is 0 Å². The molecule has 2 aliphatic rings. The average Bonchev–Trinajstić information content (AvgIpc) is 3.02. The molecule has 1 N–H and O–H groups in total. The van der Waals surface area contributed by atoms with E-state index in [1.165, 1.54) is 36.9 Å². The van der Waals surface area contributed by atoms with E-state index >= 15 is 0 Å². The summed E-state index contributed by atoms with van der Waals surface area (Å²) >= 11 is 1.82. The summed E-state index contributed by atoms with van der Waals surface area (Å²) in [6, 6.07) is 0.700. The van der Waals surface area contributed by atoms with E-state index in [0.717, 1.165) is 18.3 Å². The molecule has 0 radical (unpaired) electrons. The molecular formula is C13H21N3S. The Bertz CT molecular complexity index is 390. The first-order valence-electron chi connectivity index (χ1n) is 6.75. The van der Waals surface area contributed by atoms with Crippen LogP contribution >= 0.6 is 11.3 Å². The van der Waals surface area contributed by atoms with Gasteiger partial charge in [0.15, 0.2) is 5.13 Å². The molecule has 17 heavy (non-hydrogen) atoms. The molecule has 0 bridgehead atoms. The normalized spacial score (nSPS) is 32.1. The number of hydrogen-bond acceptors (Lipinski definition) is 4. The molecule has 1 aromatic rings. The minimum atomic E-state index is 0.700. The van der Waals surface area contributed by atoms with Crippen molar-refractivity contribution in [3.63, 3.8) is 0 Å². The molecule has 3 atom stereocenters. The van der Waals surface area contributed by atoms with E-state index in [-0.39, 0.29) is 0 Å². The molecule has 2 aliphatic heterocycles. The number of hydrogen-bond donors (Lipinski definition) is 1. The van der Waals surface area contributed by atoms with Crippen molar-refractivity contribution in [1.82, 2.24) is 10.3 Å². The molecule has 0 aromatic carbocycles. The van der Waals surface area contributed by atoms with Crippen LogP contribution in [-0.2, 0) is 6.42 Å². The third kappa shape index (κ3) is 1.87. The zero-order chi connectivity index (χ0) is 11.8. The molecule has 1 aromatic heterocycles. The maximum atomic E-state index is 4.76. The van der Waals surface area contributed by atoms with Gasteiger partial charge in [-0.3, -0.25) is 0 Å². The summed E-state index contributed by atoms with van der Waals surface area (Å²) in [6.45, 7) is 8.09. The van der Waals surface area contributed by atoms with Crippen LogP contribution in [0.25, 0.3) is 0 Å². The first kappa shape index (κ1) is 11.5. The average molecular weight is 251 g/mol. The van der Waals surface area contributed by atoms with Gasteiger partial charge in [0.25, 0.3) is 0 Å². The summed E-state index contributed by atoms with van der Waals surface area (Å²) in [4.78, 5) is 7.33. The third-order valence-corrected chi connectivity index (χ3v) is 5.21. The Hall–Kier alpha value is -0.610. The van der Waals surface area contributed by atoms with E-state index in [9.17, 15) is 0 Å². The molecule has 3 rings (SSSR count). The van der Waals surface area contributed by atoms with E-state index in [2.05, 4.69) is 29.4 Å². The highest BCUT2D eigenvalue weighted by molar-refractivity contribution is 7.13. The third-order valence-electron chi connectivity index (χ3n) is 4.28. The van der Waals surface area contributed by atoms with Crippen LogP contribution in [0.2, 0.25) is 0 Å². The maximum absolute atomic E-state index is 4.76. The smallest absolute Gasteiger partial charge is 0.185 e. The van der Waals surface area contributed by atoms with Gasteiger partial charge in [-0.15, -0.1) is 11.3 Å². The van der Waals surface area contributed by atoms with Gasteiger partial charge in [-0.2, -0.15) is 0 Å². The van der Waals surface area contributed by atoms with Gasteiger partial charge in [-0.25, -0.2) is 4.98 Å². The summed E-state index contributed by atoms with van der Waals surface area (Å²) in [5.74, 6) is 1.68. The molecule has 3 nitrogen and oxygen atoms in total. The van der Waals surface area contributed by atoms with Gasteiger partial charge in [-0.1, -0.05) is 13.8 Å². The Morgan fingerprint density at radius 2 is 2.35 bits per heavy atom. The summed E-state index contributed by atoms with van der Waals surface area (Å²) in [5.41, 5.74) is 1.25. The van der Waals surface area contributed by atoms with Gasteiger partial charge < -0.3 is 10.2 Å². The number of nitrogens with one attached hydrogen (secondary N) is 1. The van der Waals surface area contributed by atoms with Crippen LogP contribution in [0.4, 0.5) is 5.13 Å². The molecule has 4 heteroatoms. The van der Waals surface area contributed by atoms with Gasteiger partial charge in [0.1, 0.15) is 0 Å². The number of nitrogens with zero attached hydrogens (tertiary/aromatic N) is 2. The van der Waals surface area contributed by atoms with Crippen molar-refractivity contribution in [1.29, 1.82) is 0 Å². The second kappa shape index (κ2) is 4.58. The zero-order valence-electron chi connectivity index (χ0n) is 10.6. The summed E-state index contributed by atoms with van der Waals surface area (Å²) < 4.78 is 0. The lowest BCUT2D eigenvalue weighted by Gasteiger charge is -2.26. The minimum absolute atomic E-state index is 0.700. The van der Waals surface area contributed by atoms with Crippen molar-refractivity contribution in [2.75, 3.05) is 24.5 Å². The first-order chi connectivity index (χ1) is 8.33. The monoisotopic (exact) mass is 251 g/mol. The predicted molar refractivity (Wildman–Crippen MR) is 72.8 cm³/mol. The Balaban J connectivity index is 1.83. The minimum Gasteiger partial charge on any atom is -0.344 e. The van der Waals surface area contributed by atoms with E-state index in [1.807, 2.05) is 11.3 Å². The molecule has 3 unspecified atom stereocenters. The Kier molecular flexibility index (Phi) is 3.09. The Morgan fingerprint density at radius 3 is 3.06 bits per heavy atom. The Morgan fingerprint density at radius 1 is 1.47 bits per heavy atom. The fourth-order valence-corrected chi connectivity index (χ4v) is 4.33. The van der Waals surface area contributed by atoms with Crippen LogP contribution in [0.3, 0.4) is 0 Å². The molecular weight excluding hydrogens is 230 g/mol. The van der Waals surface area contributed by atoms with E-state index in [0.29, 0.717) is 6.04 Å². The van der Waals surface area contributed by atoms with E-state index in [1.54, 1.807) is 0 Å². The topological polar surface area (TPSA) is 28.2 Å². The number of aromatic nitrogens is 1. The van der Waals surface area contributed by atoms with Crippen molar-refractivity contribution < 1.29 is 0 Å². The predicted octanol–water partition coefficient (Wildman–Crippen LogP) is 2.14. The van der Waals surface area contributed by atoms with Crippen LogP contribution in [0.1, 0.15) is 26.0 Å². The number of anilines is 1. The highest BCUT2D eigenvalue weighted by atomic mass is 32.1. The fraction of sp³-hybridized carbons (Fsp3) is 0.769. The zero-order valence-corrected chi connectivity index (χ0v) is 11.5. The molecule has 3 heterocycles. The van der Waals surface area contributed by atoms with Gasteiger partial charge in [0.2, 0.25) is 0 Å². The van der Waals surface area contributed by atoms with Crippen molar-refractivity contribution >= 4 is 16.5 Å². The summed E-state index contributed by atoms with van der Waals surface area (Å²) in [5, 5.41) is 7.00.